The van der Waals surface area contributed by atoms with Crippen LogP contribution in [0.1, 0.15) is 11.3 Å². The molecule has 8 nitrogen and oxygen atoms in total. The number of benzene rings is 1. The van der Waals surface area contributed by atoms with Crippen LogP contribution in [0.25, 0.3) is 0 Å². The summed E-state index contributed by atoms with van der Waals surface area (Å²) >= 11 is 0. The van der Waals surface area contributed by atoms with Crippen LogP contribution in [0.2, 0.25) is 0 Å². The topological polar surface area (TPSA) is 78.7 Å². The van der Waals surface area contributed by atoms with E-state index in [1.54, 1.807) is 11.8 Å². The quantitative estimate of drug-likeness (QED) is 0.579. The van der Waals surface area contributed by atoms with E-state index >= 15 is 4.39 Å². The smallest absolute Gasteiger partial charge is 0.352 e. The minimum absolute atomic E-state index is 0.0781. The summed E-state index contributed by atoms with van der Waals surface area (Å²) < 4.78 is 61.5. The van der Waals surface area contributed by atoms with Crippen molar-refractivity contribution < 1.29 is 27.4 Å². The van der Waals surface area contributed by atoms with Crippen LogP contribution in [0.5, 0.6) is 17.4 Å². The minimum atomic E-state index is -0.957. The lowest BCUT2D eigenvalue weighted by Gasteiger charge is -2.30. The van der Waals surface area contributed by atoms with Gasteiger partial charge in [-0.1, -0.05) is 0 Å². The number of nitrogens with zero attached hydrogens (tertiary/aromatic N) is 4. The second kappa shape index (κ2) is 8.39. The van der Waals surface area contributed by atoms with Crippen molar-refractivity contribution in [1.82, 2.24) is 14.5 Å². The Morgan fingerprint density at radius 2 is 2.00 bits per heavy atom. The van der Waals surface area contributed by atoms with Gasteiger partial charge in [-0.3, -0.25) is 9.55 Å². The second-order valence-corrected chi connectivity index (χ2v) is 7.78. The summed E-state index contributed by atoms with van der Waals surface area (Å²) in [7, 11) is 0. The lowest BCUT2D eigenvalue weighted by atomic mass is 10.2. The summed E-state index contributed by atoms with van der Waals surface area (Å²) in [5, 5.41) is 0. The number of aromatic nitrogens is 3. The highest BCUT2D eigenvalue weighted by atomic mass is 19.1. The molecule has 4 heterocycles. The molecule has 1 aromatic carbocycles. The molecular formula is C22H19F3N4O4. The van der Waals surface area contributed by atoms with E-state index in [4.69, 9.17) is 14.2 Å². The maximum absolute atomic E-state index is 15.1. The number of aryl methyl sites for hydroxylation is 1. The van der Waals surface area contributed by atoms with Crippen molar-refractivity contribution in [3.63, 3.8) is 0 Å². The molecular weight excluding hydrogens is 441 g/mol. The zero-order valence-electron chi connectivity index (χ0n) is 17.6. The average Bonchev–Trinajstić information content (AvgIpc) is 3.18. The van der Waals surface area contributed by atoms with E-state index in [9.17, 15) is 13.6 Å². The molecule has 1 atom stereocenters. The van der Waals surface area contributed by atoms with Gasteiger partial charge in [-0.05, 0) is 30.7 Å². The summed E-state index contributed by atoms with van der Waals surface area (Å²) in [4.78, 5) is 21.8. The molecule has 3 aromatic rings. The van der Waals surface area contributed by atoms with Crippen molar-refractivity contribution in [2.24, 2.45) is 0 Å². The summed E-state index contributed by atoms with van der Waals surface area (Å²) in [6.07, 6.45) is 1.46. The van der Waals surface area contributed by atoms with E-state index in [1.165, 1.54) is 22.9 Å². The molecule has 0 saturated carbocycles. The highest BCUT2D eigenvalue weighted by molar-refractivity contribution is 5.49. The van der Waals surface area contributed by atoms with Crippen LogP contribution in [0, 0.1) is 24.4 Å². The van der Waals surface area contributed by atoms with E-state index in [0.29, 0.717) is 25.5 Å². The Kier molecular flexibility index (Phi) is 5.41. The molecule has 11 heteroatoms. The zero-order valence-corrected chi connectivity index (χ0v) is 17.6. The Morgan fingerprint density at radius 1 is 1.21 bits per heavy atom. The number of pyridine rings is 1. The Hall–Kier alpha value is -3.60. The van der Waals surface area contributed by atoms with Gasteiger partial charge < -0.3 is 19.1 Å². The molecule has 0 spiro atoms. The maximum Gasteiger partial charge on any atom is 0.352 e. The van der Waals surface area contributed by atoms with Crippen LogP contribution >= 0.6 is 0 Å². The summed E-state index contributed by atoms with van der Waals surface area (Å²) in [5.74, 6) is -3.49. The monoisotopic (exact) mass is 460 g/mol. The van der Waals surface area contributed by atoms with Crippen molar-refractivity contribution in [2.75, 3.05) is 24.7 Å². The van der Waals surface area contributed by atoms with Crippen LogP contribution in [0.4, 0.5) is 19.0 Å². The predicted molar refractivity (Wildman–Crippen MR) is 110 cm³/mol. The van der Waals surface area contributed by atoms with E-state index in [-0.39, 0.29) is 29.7 Å². The number of ether oxygens (including phenoxy) is 3. The molecule has 2 aliphatic rings. The second-order valence-electron chi connectivity index (χ2n) is 7.78. The number of fused-ring (bicyclic) bond motifs is 3. The van der Waals surface area contributed by atoms with E-state index in [1.807, 2.05) is 0 Å². The fourth-order valence-electron chi connectivity index (χ4n) is 3.98. The number of hydrogen-bond donors (Lipinski definition) is 0. The third kappa shape index (κ3) is 3.99. The fraction of sp³-hybridized carbons (Fsp3) is 0.318. The number of anilines is 1. The Labute approximate surface area is 186 Å². The van der Waals surface area contributed by atoms with Crippen molar-refractivity contribution in [3.8, 4) is 17.4 Å². The molecule has 0 N–H and O–H groups in total. The van der Waals surface area contributed by atoms with Gasteiger partial charge in [-0.2, -0.15) is 9.37 Å². The van der Waals surface area contributed by atoms with Gasteiger partial charge in [0, 0.05) is 24.5 Å². The summed E-state index contributed by atoms with van der Waals surface area (Å²) in [5.41, 5.74) is 0.0420. The normalized spacial score (nSPS) is 17.0. The lowest BCUT2D eigenvalue weighted by molar-refractivity contribution is 0.0955. The van der Waals surface area contributed by atoms with Crippen LogP contribution < -0.4 is 20.1 Å². The number of morpholine rings is 1. The zero-order chi connectivity index (χ0) is 23.1. The fourth-order valence-corrected chi connectivity index (χ4v) is 3.98. The Balaban J connectivity index is 1.36. The van der Waals surface area contributed by atoms with E-state index in [2.05, 4.69) is 9.97 Å². The highest BCUT2D eigenvalue weighted by Crippen LogP contribution is 2.33. The van der Waals surface area contributed by atoms with Gasteiger partial charge in [0.15, 0.2) is 23.2 Å². The molecule has 33 heavy (non-hydrogen) atoms. The molecule has 1 saturated heterocycles. The van der Waals surface area contributed by atoms with Gasteiger partial charge in [-0.15, -0.1) is 0 Å². The third-order valence-corrected chi connectivity index (χ3v) is 5.48. The molecule has 1 fully saturated rings. The van der Waals surface area contributed by atoms with Gasteiger partial charge in [-0.25, -0.2) is 13.6 Å². The standard InChI is InChI=1S/C22H19F3N4O4/c1-12-6-15(2-3-26-12)33-19-16(23)7-13(8-17(19)24)10-32-20-18(25)21-28-4-5-31-11-14(28)9-29(21)22(30)27-20/h2-3,6-8,14H,4-5,9-11H2,1H3. The van der Waals surface area contributed by atoms with Gasteiger partial charge >= 0.3 is 5.69 Å². The van der Waals surface area contributed by atoms with Crippen molar-refractivity contribution in [1.29, 1.82) is 0 Å². The Bertz CT molecular complexity index is 1260. The van der Waals surface area contributed by atoms with Gasteiger partial charge in [0.1, 0.15) is 12.4 Å². The first-order valence-corrected chi connectivity index (χ1v) is 10.3. The molecule has 0 aliphatic carbocycles. The first-order valence-electron chi connectivity index (χ1n) is 10.3. The minimum Gasteiger partial charge on any atom is -0.471 e. The van der Waals surface area contributed by atoms with Crippen molar-refractivity contribution >= 4 is 5.82 Å². The van der Waals surface area contributed by atoms with Crippen LogP contribution in [-0.4, -0.2) is 40.3 Å². The summed E-state index contributed by atoms with van der Waals surface area (Å²) in [6.45, 7) is 2.81. The SMILES string of the molecule is Cc1cc(Oc2c(F)cc(COc3nc(=O)n4c(c3F)N3CCOCC3C4)cc2F)ccn1. The predicted octanol–water partition coefficient (Wildman–Crippen LogP) is 2.95. The molecule has 2 aromatic heterocycles. The van der Waals surface area contributed by atoms with Gasteiger partial charge in [0.2, 0.25) is 5.82 Å². The Morgan fingerprint density at radius 3 is 2.76 bits per heavy atom. The van der Waals surface area contributed by atoms with Crippen LogP contribution in [0.15, 0.2) is 35.3 Å². The molecule has 2 aliphatic heterocycles. The third-order valence-electron chi connectivity index (χ3n) is 5.48. The maximum atomic E-state index is 15.1. The number of halogens is 3. The van der Waals surface area contributed by atoms with Crippen molar-refractivity contribution in [2.45, 2.75) is 26.1 Å². The van der Waals surface area contributed by atoms with E-state index < -0.39 is 41.4 Å². The molecule has 0 amide bonds. The first-order chi connectivity index (χ1) is 15.9. The molecule has 172 valence electrons. The average molecular weight is 460 g/mol. The number of rotatable bonds is 5. The largest absolute Gasteiger partial charge is 0.471 e. The van der Waals surface area contributed by atoms with E-state index in [0.717, 1.165) is 12.1 Å². The lowest BCUT2D eigenvalue weighted by Crippen LogP contribution is -2.43. The molecule has 0 bridgehead atoms. The number of hydrogen-bond acceptors (Lipinski definition) is 7. The molecule has 5 rings (SSSR count). The first kappa shape index (κ1) is 21.3. The molecule has 1 unspecified atom stereocenters. The van der Waals surface area contributed by atoms with Gasteiger partial charge in [0.05, 0.1) is 25.8 Å². The van der Waals surface area contributed by atoms with Crippen LogP contribution in [-0.2, 0) is 17.9 Å². The van der Waals surface area contributed by atoms with Crippen molar-refractivity contribution in [3.05, 3.63) is 69.7 Å². The van der Waals surface area contributed by atoms with Gasteiger partial charge in [0.25, 0.3) is 5.88 Å². The highest BCUT2D eigenvalue weighted by Gasteiger charge is 2.37. The van der Waals surface area contributed by atoms with Crippen LogP contribution in [0.3, 0.4) is 0 Å². The summed E-state index contributed by atoms with van der Waals surface area (Å²) in [6, 6.07) is 4.89. The molecule has 0 radical (unpaired) electrons.